The third kappa shape index (κ3) is 8.38. The van der Waals surface area contributed by atoms with Crippen LogP contribution in [0.5, 0.6) is 5.75 Å². The molecule has 3 aromatic carbocycles. The summed E-state index contributed by atoms with van der Waals surface area (Å²) in [5.41, 5.74) is 1.62. The van der Waals surface area contributed by atoms with Crippen LogP contribution in [0.1, 0.15) is 31.9 Å². The molecule has 0 aliphatic heterocycles. The maximum absolute atomic E-state index is 14.0. The van der Waals surface area contributed by atoms with Gasteiger partial charge in [0, 0.05) is 18.1 Å². The molecule has 0 saturated carbocycles. The highest BCUT2D eigenvalue weighted by molar-refractivity contribution is 7.92. The van der Waals surface area contributed by atoms with Gasteiger partial charge < -0.3 is 15.0 Å². The Morgan fingerprint density at radius 2 is 1.66 bits per heavy atom. The molecule has 0 aliphatic carbocycles. The number of halogens is 2. The van der Waals surface area contributed by atoms with E-state index in [1.165, 1.54) is 42.3 Å². The van der Waals surface area contributed by atoms with E-state index in [9.17, 15) is 18.0 Å². The van der Waals surface area contributed by atoms with Crippen LogP contribution in [0.4, 0.5) is 5.69 Å². The molecule has 0 radical (unpaired) electrons. The molecule has 1 N–H and O–H groups in total. The summed E-state index contributed by atoms with van der Waals surface area (Å²) in [4.78, 5) is 28.5. The van der Waals surface area contributed by atoms with Crippen molar-refractivity contribution in [1.82, 2.24) is 10.2 Å². The van der Waals surface area contributed by atoms with Crippen LogP contribution in [0.25, 0.3) is 0 Å². The number of anilines is 1. The van der Waals surface area contributed by atoms with Gasteiger partial charge in [0.15, 0.2) is 0 Å². The molecule has 11 heteroatoms. The van der Waals surface area contributed by atoms with E-state index in [4.69, 9.17) is 27.9 Å². The van der Waals surface area contributed by atoms with Crippen molar-refractivity contribution >= 4 is 50.7 Å². The van der Waals surface area contributed by atoms with Crippen molar-refractivity contribution in [3.05, 3.63) is 87.9 Å². The third-order valence-corrected chi connectivity index (χ3v) is 8.73. The van der Waals surface area contributed by atoms with E-state index in [1.807, 2.05) is 20.8 Å². The van der Waals surface area contributed by atoms with Crippen molar-refractivity contribution in [2.75, 3.05) is 24.5 Å². The predicted molar refractivity (Wildman–Crippen MR) is 163 cm³/mol. The van der Waals surface area contributed by atoms with E-state index in [2.05, 4.69) is 5.32 Å². The average molecular weight is 621 g/mol. The summed E-state index contributed by atoms with van der Waals surface area (Å²) in [5.74, 6) is -0.176. The molecule has 0 bridgehead atoms. The first-order valence-corrected chi connectivity index (χ1v) is 15.3. The summed E-state index contributed by atoms with van der Waals surface area (Å²) in [6.45, 7) is 7.22. The molecular formula is C30H35Cl2N3O5S. The Morgan fingerprint density at radius 3 is 2.29 bits per heavy atom. The van der Waals surface area contributed by atoms with E-state index in [0.29, 0.717) is 17.9 Å². The lowest BCUT2D eigenvalue weighted by Gasteiger charge is -2.32. The first-order valence-electron chi connectivity index (χ1n) is 13.1. The number of nitrogens with one attached hydrogen (secondary N) is 1. The Balaban J connectivity index is 2.06. The number of sulfonamides is 1. The van der Waals surface area contributed by atoms with Crippen molar-refractivity contribution in [3.8, 4) is 5.75 Å². The van der Waals surface area contributed by atoms with Gasteiger partial charge in [-0.05, 0) is 67.8 Å². The fourth-order valence-corrected chi connectivity index (χ4v) is 5.89. The van der Waals surface area contributed by atoms with Gasteiger partial charge in [0.1, 0.15) is 18.3 Å². The SMILES string of the molecule is COc1cccc(CN(C(=O)CN(c2cc(Cl)ccc2Cl)S(=O)(=O)c2ccc(C)cc2)[C@H](C)C(=O)NCC(C)C)c1. The highest BCUT2D eigenvalue weighted by Crippen LogP contribution is 2.33. The second kappa shape index (κ2) is 14.1. The van der Waals surface area contributed by atoms with Gasteiger partial charge in [-0.25, -0.2) is 8.42 Å². The van der Waals surface area contributed by atoms with Crippen molar-refractivity contribution in [3.63, 3.8) is 0 Å². The van der Waals surface area contributed by atoms with Crippen LogP contribution in [0, 0.1) is 12.8 Å². The molecule has 0 spiro atoms. The van der Waals surface area contributed by atoms with Gasteiger partial charge in [-0.2, -0.15) is 0 Å². The van der Waals surface area contributed by atoms with Crippen LogP contribution < -0.4 is 14.4 Å². The Hall–Kier alpha value is -3.27. The number of nitrogens with zero attached hydrogens (tertiary/aromatic N) is 2. The highest BCUT2D eigenvalue weighted by atomic mass is 35.5. The van der Waals surface area contributed by atoms with Gasteiger partial charge in [-0.15, -0.1) is 0 Å². The molecule has 8 nitrogen and oxygen atoms in total. The van der Waals surface area contributed by atoms with E-state index < -0.39 is 28.5 Å². The number of amides is 2. The monoisotopic (exact) mass is 619 g/mol. The number of rotatable bonds is 12. The minimum atomic E-state index is -4.27. The molecule has 1 atom stereocenters. The first-order chi connectivity index (χ1) is 19.3. The highest BCUT2D eigenvalue weighted by Gasteiger charge is 2.33. The Morgan fingerprint density at radius 1 is 0.976 bits per heavy atom. The second-order valence-electron chi connectivity index (χ2n) is 10.1. The van der Waals surface area contributed by atoms with Crippen LogP contribution >= 0.6 is 23.2 Å². The summed E-state index contributed by atoms with van der Waals surface area (Å²) in [7, 11) is -2.73. The van der Waals surface area contributed by atoms with Crippen molar-refractivity contribution < 1.29 is 22.7 Å². The minimum absolute atomic E-state index is 0.0194. The molecule has 3 aromatic rings. The molecule has 0 fully saturated rings. The normalized spacial score (nSPS) is 12.1. The van der Waals surface area contributed by atoms with Gasteiger partial charge in [-0.3, -0.25) is 13.9 Å². The van der Waals surface area contributed by atoms with Crippen molar-refractivity contribution in [2.24, 2.45) is 5.92 Å². The molecule has 3 rings (SSSR count). The summed E-state index contributed by atoms with van der Waals surface area (Å²) in [6.07, 6.45) is 0. The lowest BCUT2D eigenvalue weighted by Crippen LogP contribution is -2.51. The van der Waals surface area contributed by atoms with Gasteiger partial charge >= 0.3 is 0 Å². The quantitative estimate of drug-likeness (QED) is 0.281. The first kappa shape index (κ1) is 32.2. The second-order valence-corrected chi connectivity index (χ2v) is 12.8. The van der Waals surface area contributed by atoms with Crippen molar-refractivity contribution in [1.29, 1.82) is 0 Å². The number of carbonyl (C=O) groups excluding carboxylic acids is 2. The Bertz CT molecular complexity index is 1480. The Kier molecular flexibility index (Phi) is 11.1. The minimum Gasteiger partial charge on any atom is -0.497 e. The summed E-state index contributed by atoms with van der Waals surface area (Å²) in [6, 6.07) is 16.9. The van der Waals surface area contributed by atoms with E-state index in [-0.39, 0.29) is 39.0 Å². The molecular weight excluding hydrogens is 585 g/mol. The zero-order valence-electron chi connectivity index (χ0n) is 23.7. The number of methoxy groups -OCH3 is 1. The number of aryl methyl sites for hydroxylation is 1. The topological polar surface area (TPSA) is 96.0 Å². The zero-order valence-corrected chi connectivity index (χ0v) is 26.1. The van der Waals surface area contributed by atoms with E-state index in [1.54, 1.807) is 43.3 Å². The fraction of sp³-hybridized carbons (Fsp3) is 0.333. The predicted octanol–water partition coefficient (Wildman–Crippen LogP) is 5.70. The molecule has 0 aromatic heterocycles. The van der Waals surface area contributed by atoms with Crippen LogP contribution in [0.3, 0.4) is 0 Å². The zero-order chi connectivity index (χ0) is 30.3. The van der Waals surface area contributed by atoms with Gasteiger partial charge in [0.05, 0.1) is 22.7 Å². The number of hydrogen-bond donors (Lipinski definition) is 1. The maximum Gasteiger partial charge on any atom is 0.264 e. The smallest absolute Gasteiger partial charge is 0.264 e. The van der Waals surface area contributed by atoms with Crippen LogP contribution in [0.2, 0.25) is 10.0 Å². The summed E-state index contributed by atoms with van der Waals surface area (Å²) < 4.78 is 34.1. The average Bonchev–Trinajstić information content (AvgIpc) is 2.94. The molecule has 0 aliphatic rings. The number of ether oxygens (including phenoxy) is 1. The van der Waals surface area contributed by atoms with Crippen LogP contribution in [-0.4, -0.2) is 51.4 Å². The standard InChI is InChI=1S/C30H35Cl2N3O5S/c1-20(2)17-33-30(37)22(4)34(18-23-7-6-8-25(15-23)40-5)29(36)19-35(28-16-24(31)11-14-27(28)32)41(38,39)26-12-9-21(3)10-13-26/h6-16,20,22H,17-19H2,1-5H3,(H,33,37)/t22-/m1/s1. The number of carbonyl (C=O) groups is 2. The largest absolute Gasteiger partial charge is 0.497 e. The number of hydrogen-bond acceptors (Lipinski definition) is 5. The lowest BCUT2D eigenvalue weighted by atomic mass is 10.1. The molecule has 220 valence electrons. The van der Waals surface area contributed by atoms with Crippen LogP contribution in [0.15, 0.2) is 71.6 Å². The van der Waals surface area contributed by atoms with Gasteiger partial charge in [0.2, 0.25) is 11.8 Å². The van der Waals surface area contributed by atoms with Gasteiger partial charge in [-0.1, -0.05) is 66.9 Å². The summed E-state index contributed by atoms with van der Waals surface area (Å²) in [5, 5.41) is 3.20. The fourth-order valence-electron chi connectivity index (χ4n) is 4.03. The molecule has 2 amide bonds. The maximum atomic E-state index is 14.0. The van der Waals surface area contributed by atoms with Crippen molar-refractivity contribution in [2.45, 2.75) is 45.2 Å². The lowest BCUT2D eigenvalue weighted by molar-refractivity contribution is -0.139. The van der Waals surface area contributed by atoms with E-state index in [0.717, 1.165) is 9.87 Å². The number of benzene rings is 3. The molecule has 0 saturated heterocycles. The molecule has 41 heavy (non-hydrogen) atoms. The van der Waals surface area contributed by atoms with Crippen LogP contribution in [-0.2, 0) is 26.2 Å². The van der Waals surface area contributed by atoms with Gasteiger partial charge in [0.25, 0.3) is 10.0 Å². The third-order valence-electron chi connectivity index (χ3n) is 6.40. The molecule has 0 unspecified atom stereocenters. The molecule has 0 heterocycles. The Labute approximate surface area is 252 Å². The summed E-state index contributed by atoms with van der Waals surface area (Å²) >= 11 is 12.7. The van der Waals surface area contributed by atoms with E-state index >= 15 is 0 Å².